The number of aromatic nitrogens is 3. The summed E-state index contributed by atoms with van der Waals surface area (Å²) < 4.78 is 6.97. The van der Waals surface area contributed by atoms with Gasteiger partial charge in [-0.05, 0) is 34.1 Å². The molecule has 2 heterocycles. The van der Waals surface area contributed by atoms with E-state index in [1.165, 1.54) is 23.0 Å². The van der Waals surface area contributed by atoms with Gasteiger partial charge >= 0.3 is 5.97 Å². The molecular weight excluding hydrogens is 344 g/mol. The quantitative estimate of drug-likeness (QED) is 0.750. The first-order valence-electron chi connectivity index (χ1n) is 5.85. The molecule has 1 amide bonds. The Bertz CT molecular complexity index is 676. The fraction of sp³-hybridized carbons (Fsp3) is 0.167. The molecule has 21 heavy (non-hydrogen) atoms. The van der Waals surface area contributed by atoms with Crippen molar-refractivity contribution in [2.75, 3.05) is 0 Å². The molecule has 8 nitrogen and oxygen atoms in total. The van der Waals surface area contributed by atoms with Crippen molar-refractivity contribution in [3.05, 3.63) is 40.5 Å². The lowest BCUT2D eigenvalue weighted by Crippen LogP contribution is -2.20. The summed E-state index contributed by atoms with van der Waals surface area (Å²) in [5.74, 6) is -0.789. The highest BCUT2D eigenvalue weighted by Crippen LogP contribution is 2.14. The summed E-state index contributed by atoms with van der Waals surface area (Å²) in [6.45, 7) is -0.112. The van der Waals surface area contributed by atoms with Crippen molar-refractivity contribution in [1.29, 1.82) is 0 Å². The number of carbonyl (C=O) groups is 2. The van der Waals surface area contributed by atoms with Crippen molar-refractivity contribution in [2.24, 2.45) is 0 Å². The van der Waals surface area contributed by atoms with E-state index in [1.54, 1.807) is 12.1 Å². The number of aliphatic carboxylic acids is 1. The predicted octanol–water partition coefficient (Wildman–Crippen LogP) is 1.05. The summed E-state index contributed by atoms with van der Waals surface area (Å²) in [6.07, 6.45) is 4.32. The SMILES string of the molecule is O=C(O)Cn1cc(CNC(=O)/C=C/c2ccc(Br)o2)nn1. The molecule has 2 aromatic rings. The predicted molar refractivity (Wildman–Crippen MR) is 74.9 cm³/mol. The normalized spacial score (nSPS) is 10.9. The van der Waals surface area contributed by atoms with Gasteiger partial charge in [0.05, 0.1) is 12.7 Å². The Labute approximate surface area is 127 Å². The van der Waals surface area contributed by atoms with Crippen LogP contribution in [0.1, 0.15) is 11.5 Å². The van der Waals surface area contributed by atoms with E-state index in [9.17, 15) is 9.59 Å². The average Bonchev–Trinajstić information content (AvgIpc) is 3.02. The van der Waals surface area contributed by atoms with Crippen LogP contribution >= 0.6 is 15.9 Å². The van der Waals surface area contributed by atoms with E-state index in [1.807, 2.05) is 0 Å². The summed E-state index contributed by atoms with van der Waals surface area (Å²) >= 11 is 3.16. The van der Waals surface area contributed by atoms with Gasteiger partial charge in [-0.1, -0.05) is 5.21 Å². The van der Waals surface area contributed by atoms with Crippen LogP contribution in [0, 0.1) is 0 Å². The molecule has 0 spiro atoms. The molecule has 0 aromatic carbocycles. The fourth-order valence-corrected chi connectivity index (χ4v) is 1.77. The summed E-state index contributed by atoms with van der Waals surface area (Å²) in [5, 5.41) is 18.6. The Morgan fingerprint density at radius 2 is 2.29 bits per heavy atom. The van der Waals surface area contributed by atoms with Gasteiger partial charge in [0, 0.05) is 6.08 Å². The zero-order valence-corrected chi connectivity index (χ0v) is 12.3. The molecule has 0 aliphatic heterocycles. The van der Waals surface area contributed by atoms with E-state index in [4.69, 9.17) is 9.52 Å². The topological polar surface area (TPSA) is 110 Å². The molecule has 0 unspecified atom stereocenters. The first-order chi connectivity index (χ1) is 10.0. The van der Waals surface area contributed by atoms with Gasteiger partial charge in [-0.3, -0.25) is 9.59 Å². The van der Waals surface area contributed by atoms with Crippen LogP contribution in [0.15, 0.2) is 33.5 Å². The highest BCUT2D eigenvalue weighted by molar-refractivity contribution is 9.10. The van der Waals surface area contributed by atoms with E-state index in [0.717, 1.165) is 0 Å². The Morgan fingerprint density at radius 3 is 2.95 bits per heavy atom. The number of carboxylic acid groups (broad SMARTS) is 1. The number of carboxylic acids is 1. The largest absolute Gasteiger partial charge is 0.480 e. The molecule has 0 radical (unpaired) electrons. The first-order valence-corrected chi connectivity index (χ1v) is 6.64. The molecule has 0 fully saturated rings. The second-order valence-corrected chi connectivity index (χ2v) is 4.78. The molecule has 2 aromatic heterocycles. The molecule has 0 atom stereocenters. The molecular formula is C12H11BrN4O4. The minimum absolute atomic E-state index is 0.157. The van der Waals surface area contributed by atoms with Crippen LogP contribution in [0.5, 0.6) is 0 Å². The van der Waals surface area contributed by atoms with Gasteiger partial charge < -0.3 is 14.8 Å². The summed E-state index contributed by atoms with van der Waals surface area (Å²) in [5.41, 5.74) is 0.471. The van der Waals surface area contributed by atoms with Crippen LogP contribution in [0.3, 0.4) is 0 Å². The number of hydrogen-bond donors (Lipinski definition) is 2. The van der Waals surface area contributed by atoms with Crippen molar-refractivity contribution in [2.45, 2.75) is 13.1 Å². The maximum atomic E-state index is 11.6. The molecule has 0 saturated heterocycles. The molecule has 0 bridgehead atoms. The van der Waals surface area contributed by atoms with E-state index in [-0.39, 0.29) is 19.0 Å². The lowest BCUT2D eigenvalue weighted by molar-refractivity contribution is -0.137. The Hall–Kier alpha value is -2.42. The number of halogens is 1. The minimum atomic E-state index is -1.01. The number of nitrogens with zero attached hydrogens (tertiary/aromatic N) is 3. The molecule has 2 N–H and O–H groups in total. The molecule has 9 heteroatoms. The number of rotatable bonds is 6. The van der Waals surface area contributed by atoms with Crippen molar-refractivity contribution in [3.63, 3.8) is 0 Å². The minimum Gasteiger partial charge on any atom is -0.480 e. The molecule has 0 aliphatic rings. The number of furan rings is 1. The molecule has 2 rings (SSSR count). The summed E-state index contributed by atoms with van der Waals surface area (Å²) in [4.78, 5) is 22.1. The lowest BCUT2D eigenvalue weighted by Gasteiger charge is -1.97. The Kier molecular flexibility index (Phi) is 4.88. The van der Waals surface area contributed by atoms with E-state index in [2.05, 4.69) is 31.6 Å². The van der Waals surface area contributed by atoms with Crippen LogP contribution in [0.25, 0.3) is 6.08 Å². The Balaban J connectivity index is 1.82. The smallest absolute Gasteiger partial charge is 0.325 e. The highest BCUT2D eigenvalue weighted by Gasteiger charge is 2.05. The molecule has 110 valence electrons. The maximum Gasteiger partial charge on any atom is 0.325 e. The number of carbonyl (C=O) groups excluding carboxylic acids is 1. The lowest BCUT2D eigenvalue weighted by atomic mass is 10.4. The van der Waals surface area contributed by atoms with Gasteiger partial charge in [0.25, 0.3) is 0 Å². The summed E-state index contributed by atoms with van der Waals surface area (Å²) in [7, 11) is 0. The van der Waals surface area contributed by atoms with Crippen LogP contribution < -0.4 is 5.32 Å². The third-order valence-electron chi connectivity index (χ3n) is 2.32. The van der Waals surface area contributed by atoms with Crippen LogP contribution in [0.2, 0.25) is 0 Å². The second-order valence-electron chi connectivity index (χ2n) is 3.99. The van der Waals surface area contributed by atoms with Gasteiger partial charge in [0.1, 0.15) is 18.0 Å². The van der Waals surface area contributed by atoms with E-state index >= 15 is 0 Å². The van der Waals surface area contributed by atoms with E-state index in [0.29, 0.717) is 16.1 Å². The number of nitrogens with one attached hydrogen (secondary N) is 1. The van der Waals surface area contributed by atoms with Gasteiger partial charge in [0.15, 0.2) is 4.67 Å². The maximum absolute atomic E-state index is 11.6. The number of amides is 1. The van der Waals surface area contributed by atoms with Crippen LogP contribution in [-0.2, 0) is 22.7 Å². The monoisotopic (exact) mass is 354 g/mol. The van der Waals surface area contributed by atoms with Gasteiger partial charge in [-0.25, -0.2) is 4.68 Å². The standard InChI is InChI=1S/C12H11BrN4O4/c13-10-3-1-9(21-10)2-4-11(18)14-5-8-6-17(16-15-8)7-12(19)20/h1-4,6H,5,7H2,(H,14,18)(H,19,20)/b4-2+. The zero-order chi connectivity index (χ0) is 15.2. The van der Waals surface area contributed by atoms with E-state index < -0.39 is 5.97 Å². The van der Waals surface area contributed by atoms with Gasteiger partial charge in [-0.2, -0.15) is 0 Å². The molecule has 0 saturated carbocycles. The summed E-state index contributed by atoms with van der Waals surface area (Å²) in [6, 6.07) is 3.43. The highest BCUT2D eigenvalue weighted by atomic mass is 79.9. The van der Waals surface area contributed by atoms with Crippen molar-refractivity contribution >= 4 is 33.9 Å². The van der Waals surface area contributed by atoms with Gasteiger partial charge in [-0.15, -0.1) is 5.10 Å². The van der Waals surface area contributed by atoms with Crippen molar-refractivity contribution in [1.82, 2.24) is 20.3 Å². The van der Waals surface area contributed by atoms with Crippen molar-refractivity contribution in [3.8, 4) is 0 Å². The Morgan fingerprint density at radius 1 is 1.48 bits per heavy atom. The van der Waals surface area contributed by atoms with Crippen molar-refractivity contribution < 1.29 is 19.1 Å². The van der Waals surface area contributed by atoms with Gasteiger partial charge in [0.2, 0.25) is 5.91 Å². The third kappa shape index (κ3) is 4.88. The van der Waals surface area contributed by atoms with Crippen LogP contribution in [0.4, 0.5) is 0 Å². The first kappa shape index (κ1) is 15.0. The zero-order valence-electron chi connectivity index (χ0n) is 10.7. The second kappa shape index (κ2) is 6.84. The average molecular weight is 355 g/mol. The van der Waals surface area contributed by atoms with Crippen LogP contribution in [-0.4, -0.2) is 32.0 Å². The molecule has 0 aliphatic carbocycles. The third-order valence-corrected chi connectivity index (χ3v) is 2.75. The fourth-order valence-electron chi connectivity index (χ4n) is 1.45. The number of hydrogen-bond acceptors (Lipinski definition) is 5.